The first-order valence-electron chi connectivity index (χ1n) is 5.24. The minimum Gasteiger partial charge on any atom is -0.507 e. The van der Waals surface area contributed by atoms with Crippen molar-refractivity contribution < 1.29 is 14.7 Å². The molecule has 7 heteroatoms. The van der Waals surface area contributed by atoms with E-state index in [2.05, 4.69) is 17.6 Å². The lowest BCUT2D eigenvalue weighted by Crippen LogP contribution is -2.45. The maximum absolute atomic E-state index is 11.5. The number of nitrogens with one attached hydrogen (secondary N) is 1. The monoisotopic (exact) mass is 279 g/mol. The maximum atomic E-state index is 11.5. The summed E-state index contributed by atoms with van der Waals surface area (Å²) in [5.74, 6) is -0.527. The second-order valence-electron chi connectivity index (χ2n) is 3.64. The van der Waals surface area contributed by atoms with Crippen LogP contribution in [0.4, 0.5) is 0 Å². The number of hydrogen-bond acceptors (Lipinski definition) is 4. The Balaban J connectivity index is 2.74. The summed E-state index contributed by atoms with van der Waals surface area (Å²) < 4.78 is 0. The van der Waals surface area contributed by atoms with E-state index in [0.29, 0.717) is 11.8 Å². The van der Waals surface area contributed by atoms with Crippen molar-refractivity contribution in [3.8, 4) is 5.75 Å². The van der Waals surface area contributed by atoms with Crippen molar-refractivity contribution in [1.29, 1.82) is 0 Å². The molecule has 1 rings (SSSR count). The standard InChI is InChI=1S/C12H13N3O3S/c1-15(12(13)19)14-11(18)5-3-8-2-4-10(17)9(6-8)7-16/h2-7,17H,1H3,(H2,13,19)(H,14,18). The van der Waals surface area contributed by atoms with E-state index in [4.69, 9.17) is 5.73 Å². The third kappa shape index (κ3) is 4.40. The highest BCUT2D eigenvalue weighted by atomic mass is 32.1. The molecule has 0 aliphatic heterocycles. The topological polar surface area (TPSA) is 95.7 Å². The fourth-order valence-corrected chi connectivity index (χ4v) is 1.25. The van der Waals surface area contributed by atoms with Crippen molar-refractivity contribution in [2.45, 2.75) is 0 Å². The first kappa shape index (κ1) is 14.7. The summed E-state index contributed by atoms with van der Waals surface area (Å²) in [4.78, 5) is 22.1. The summed E-state index contributed by atoms with van der Waals surface area (Å²) >= 11 is 4.66. The van der Waals surface area contributed by atoms with E-state index in [1.54, 1.807) is 6.07 Å². The number of nitrogens with two attached hydrogens (primary N) is 1. The van der Waals surface area contributed by atoms with Crippen LogP contribution >= 0.6 is 12.2 Å². The molecule has 1 amide bonds. The minimum absolute atomic E-state index is 0.0367. The highest BCUT2D eigenvalue weighted by Crippen LogP contribution is 2.17. The normalized spacial score (nSPS) is 10.2. The van der Waals surface area contributed by atoms with Gasteiger partial charge >= 0.3 is 0 Å². The van der Waals surface area contributed by atoms with E-state index < -0.39 is 5.91 Å². The molecular formula is C12H13N3O3S. The van der Waals surface area contributed by atoms with Crippen LogP contribution < -0.4 is 11.2 Å². The van der Waals surface area contributed by atoms with E-state index in [0.717, 1.165) is 0 Å². The highest BCUT2D eigenvalue weighted by molar-refractivity contribution is 7.80. The molecule has 100 valence electrons. The summed E-state index contributed by atoms with van der Waals surface area (Å²) in [5.41, 5.74) is 8.47. The minimum atomic E-state index is -0.420. The number of amides is 1. The number of aromatic hydroxyl groups is 1. The average molecular weight is 279 g/mol. The van der Waals surface area contributed by atoms with Gasteiger partial charge in [-0.3, -0.25) is 20.0 Å². The molecule has 0 atom stereocenters. The molecule has 0 saturated carbocycles. The Labute approximate surface area is 115 Å². The predicted octanol–water partition coefficient (Wildman–Crippen LogP) is 0.425. The van der Waals surface area contributed by atoms with E-state index in [-0.39, 0.29) is 16.4 Å². The fourth-order valence-electron chi connectivity index (χ4n) is 1.20. The lowest BCUT2D eigenvalue weighted by Gasteiger charge is -2.16. The quantitative estimate of drug-likeness (QED) is 0.321. The Kier molecular flexibility index (Phi) is 5.01. The predicted molar refractivity (Wildman–Crippen MR) is 75.2 cm³/mol. The number of hydrogen-bond donors (Lipinski definition) is 3. The van der Waals surface area contributed by atoms with Crippen LogP contribution in [0, 0.1) is 0 Å². The van der Waals surface area contributed by atoms with Crippen LogP contribution in [0.25, 0.3) is 6.08 Å². The van der Waals surface area contributed by atoms with Crippen LogP contribution in [0.15, 0.2) is 24.3 Å². The van der Waals surface area contributed by atoms with Gasteiger partial charge in [-0.05, 0) is 36.0 Å². The summed E-state index contributed by atoms with van der Waals surface area (Å²) in [7, 11) is 1.51. The van der Waals surface area contributed by atoms with Gasteiger partial charge in [-0.15, -0.1) is 0 Å². The molecule has 19 heavy (non-hydrogen) atoms. The second kappa shape index (κ2) is 6.50. The molecule has 4 N–H and O–H groups in total. The number of hydrazine groups is 1. The van der Waals surface area contributed by atoms with Gasteiger partial charge in [-0.2, -0.15) is 0 Å². The van der Waals surface area contributed by atoms with Crippen LogP contribution in [-0.2, 0) is 4.79 Å². The lowest BCUT2D eigenvalue weighted by molar-refractivity contribution is -0.119. The number of thiocarbonyl (C=S) groups is 1. The van der Waals surface area contributed by atoms with Crippen molar-refractivity contribution in [1.82, 2.24) is 10.4 Å². The summed E-state index contributed by atoms with van der Waals surface area (Å²) in [6, 6.07) is 4.41. The molecule has 0 aliphatic rings. The lowest BCUT2D eigenvalue weighted by atomic mass is 10.1. The first-order chi connectivity index (χ1) is 8.93. The van der Waals surface area contributed by atoms with Gasteiger partial charge < -0.3 is 10.8 Å². The molecule has 0 heterocycles. The van der Waals surface area contributed by atoms with Gasteiger partial charge in [0.05, 0.1) is 5.56 Å². The summed E-state index contributed by atoms with van der Waals surface area (Å²) in [6.07, 6.45) is 3.29. The van der Waals surface area contributed by atoms with Crippen molar-refractivity contribution >= 4 is 35.6 Å². The van der Waals surface area contributed by atoms with Crippen molar-refractivity contribution in [2.75, 3.05) is 7.05 Å². The smallest absolute Gasteiger partial charge is 0.262 e. The summed E-state index contributed by atoms with van der Waals surface area (Å²) in [5, 5.41) is 10.6. The fraction of sp³-hybridized carbons (Fsp3) is 0.0833. The maximum Gasteiger partial charge on any atom is 0.262 e. The molecule has 1 aromatic carbocycles. The zero-order chi connectivity index (χ0) is 14.4. The third-order valence-corrected chi connectivity index (χ3v) is 2.49. The molecule has 0 aliphatic carbocycles. The first-order valence-corrected chi connectivity index (χ1v) is 5.65. The molecule has 0 radical (unpaired) electrons. The molecule has 1 aromatic rings. The Morgan fingerprint density at radius 1 is 1.53 bits per heavy atom. The van der Waals surface area contributed by atoms with E-state index in [1.807, 2.05) is 0 Å². The Bertz CT molecular complexity index is 543. The SMILES string of the molecule is CN(NC(=O)C=Cc1ccc(O)c(C=O)c1)C(N)=S. The molecule has 0 aromatic heterocycles. The van der Waals surface area contributed by atoms with Gasteiger partial charge in [0.2, 0.25) is 0 Å². The average Bonchev–Trinajstić information content (AvgIpc) is 2.37. The van der Waals surface area contributed by atoms with Crippen molar-refractivity contribution in [3.05, 3.63) is 35.4 Å². The van der Waals surface area contributed by atoms with Gasteiger partial charge in [-0.1, -0.05) is 6.07 Å². The van der Waals surface area contributed by atoms with Crippen LogP contribution in [0.2, 0.25) is 0 Å². The van der Waals surface area contributed by atoms with Crippen LogP contribution in [0.1, 0.15) is 15.9 Å². The molecule has 0 bridgehead atoms. The molecule has 6 nitrogen and oxygen atoms in total. The number of benzene rings is 1. The number of carbonyl (C=O) groups excluding carboxylic acids is 2. The summed E-state index contributed by atoms with van der Waals surface area (Å²) in [6.45, 7) is 0. The number of rotatable bonds is 3. The van der Waals surface area contributed by atoms with Gasteiger partial charge in [0.1, 0.15) is 5.75 Å². The largest absolute Gasteiger partial charge is 0.507 e. The molecule has 0 unspecified atom stereocenters. The van der Waals surface area contributed by atoms with Gasteiger partial charge in [0.15, 0.2) is 11.4 Å². The zero-order valence-electron chi connectivity index (χ0n) is 10.2. The Hall–Kier alpha value is -2.41. The van der Waals surface area contributed by atoms with Gasteiger partial charge in [-0.25, -0.2) is 0 Å². The van der Waals surface area contributed by atoms with Crippen LogP contribution in [0.5, 0.6) is 5.75 Å². The van der Waals surface area contributed by atoms with Crippen LogP contribution in [0.3, 0.4) is 0 Å². The van der Waals surface area contributed by atoms with E-state index in [1.165, 1.54) is 36.3 Å². The zero-order valence-corrected chi connectivity index (χ0v) is 11.0. The van der Waals surface area contributed by atoms with Gasteiger partial charge in [0, 0.05) is 13.1 Å². The molecule has 0 spiro atoms. The van der Waals surface area contributed by atoms with E-state index >= 15 is 0 Å². The van der Waals surface area contributed by atoms with E-state index in [9.17, 15) is 14.7 Å². The second-order valence-corrected chi connectivity index (χ2v) is 4.06. The third-order valence-electron chi connectivity index (χ3n) is 2.21. The Morgan fingerprint density at radius 3 is 2.79 bits per heavy atom. The Morgan fingerprint density at radius 2 is 2.21 bits per heavy atom. The number of phenolic OH excluding ortho intramolecular Hbond substituents is 1. The van der Waals surface area contributed by atoms with Crippen LogP contribution in [-0.4, -0.2) is 34.5 Å². The molecule has 0 fully saturated rings. The molecular weight excluding hydrogens is 266 g/mol. The number of nitrogens with zero attached hydrogens (tertiary/aromatic N) is 1. The number of aldehydes is 1. The van der Waals surface area contributed by atoms with Gasteiger partial charge in [0.25, 0.3) is 5.91 Å². The number of carbonyl (C=O) groups is 2. The molecule has 0 saturated heterocycles. The van der Waals surface area contributed by atoms with Crippen molar-refractivity contribution in [3.63, 3.8) is 0 Å². The highest BCUT2D eigenvalue weighted by Gasteiger charge is 2.03. The number of phenols is 1. The van der Waals surface area contributed by atoms with Crippen molar-refractivity contribution in [2.24, 2.45) is 5.73 Å².